The average molecular weight is 615 g/mol. The minimum Gasteiger partial charge on any atom is -0.481 e. The first kappa shape index (κ1) is 31.8. The minimum absolute atomic E-state index is 0.181. The van der Waals surface area contributed by atoms with E-state index >= 15 is 0 Å². The summed E-state index contributed by atoms with van der Waals surface area (Å²) < 4.78 is 40.4. The molecule has 11 heteroatoms. The molecule has 6 atom stereocenters. The number of carbonyl (C=O) groups is 2. The average Bonchev–Trinajstić information content (AvgIpc) is 2.96. The molecular weight excluding hydrogens is 576 g/mol. The fourth-order valence-corrected chi connectivity index (χ4v) is 7.97. The number of amides is 1. The Bertz CT molecular complexity index is 1510. The number of aliphatic carboxylic acids is 1. The number of carboxylic acid groups (broad SMARTS) is 1. The second-order valence-electron chi connectivity index (χ2n) is 11.0. The largest absolute Gasteiger partial charge is 0.481 e. The van der Waals surface area contributed by atoms with Crippen molar-refractivity contribution in [3.63, 3.8) is 0 Å². The van der Waals surface area contributed by atoms with Gasteiger partial charge in [-0.05, 0) is 54.0 Å². The van der Waals surface area contributed by atoms with Crippen molar-refractivity contribution in [3.8, 4) is 0 Å². The third-order valence-corrected chi connectivity index (χ3v) is 10.0. The number of carboxylic acids is 1. The van der Waals surface area contributed by atoms with Crippen LogP contribution < -0.4 is 10.0 Å². The van der Waals surface area contributed by atoms with Gasteiger partial charge in [-0.25, -0.2) is 13.1 Å². The SMILES string of the molecule is CS(=O)(=O)NC(CS(=O)c1cccc2ccccc12)C(=O)NC(Cc1ccccc1)C(O)CC1CCCCC1C(=O)O. The Morgan fingerprint density at radius 1 is 0.976 bits per heavy atom. The highest BCUT2D eigenvalue weighted by atomic mass is 32.2. The molecule has 3 aromatic carbocycles. The summed E-state index contributed by atoms with van der Waals surface area (Å²) in [6.07, 6.45) is 3.18. The molecule has 9 nitrogen and oxygen atoms in total. The zero-order chi connectivity index (χ0) is 30.3. The number of nitrogens with one attached hydrogen (secondary N) is 2. The van der Waals surface area contributed by atoms with E-state index < -0.39 is 56.8 Å². The predicted octanol–water partition coefficient (Wildman–Crippen LogP) is 3.23. The van der Waals surface area contributed by atoms with Gasteiger partial charge in [0.05, 0.1) is 40.9 Å². The Balaban J connectivity index is 1.57. The second-order valence-corrected chi connectivity index (χ2v) is 14.3. The number of carbonyl (C=O) groups excluding carboxylic acids is 1. The number of rotatable bonds is 13. The summed E-state index contributed by atoms with van der Waals surface area (Å²) in [6.45, 7) is 0. The van der Waals surface area contributed by atoms with Crippen molar-refractivity contribution in [1.82, 2.24) is 10.0 Å². The van der Waals surface area contributed by atoms with Gasteiger partial charge < -0.3 is 15.5 Å². The molecule has 4 N–H and O–H groups in total. The van der Waals surface area contributed by atoms with Crippen molar-refractivity contribution in [1.29, 1.82) is 0 Å². The summed E-state index contributed by atoms with van der Waals surface area (Å²) >= 11 is 0. The third kappa shape index (κ3) is 8.70. The molecule has 0 spiro atoms. The molecule has 4 rings (SSSR count). The lowest BCUT2D eigenvalue weighted by molar-refractivity contribution is -0.145. The smallest absolute Gasteiger partial charge is 0.306 e. The Morgan fingerprint density at radius 2 is 1.64 bits per heavy atom. The molecule has 3 aromatic rings. The van der Waals surface area contributed by atoms with Crippen molar-refractivity contribution in [3.05, 3.63) is 78.4 Å². The van der Waals surface area contributed by atoms with Crippen molar-refractivity contribution < 1.29 is 32.4 Å². The van der Waals surface area contributed by atoms with Crippen LogP contribution in [0, 0.1) is 11.8 Å². The molecule has 1 aliphatic rings. The molecule has 0 radical (unpaired) electrons. The Kier molecular flexibility index (Phi) is 10.9. The zero-order valence-electron chi connectivity index (χ0n) is 23.5. The van der Waals surface area contributed by atoms with E-state index in [1.165, 1.54) is 0 Å². The number of fused-ring (bicyclic) bond motifs is 1. The summed E-state index contributed by atoms with van der Waals surface area (Å²) in [5.74, 6) is -2.73. The van der Waals surface area contributed by atoms with Crippen molar-refractivity contribution in [2.75, 3.05) is 12.0 Å². The van der Waals surface area contributed by atoms with Gasteiger partial charge in [0.2, 0.25) is 15.9 Å². The predicted molar refractivity (Wildman–Crippen MR) is 163 cm³/mol. The molecule has 42 heavy (non-hydrogen) atoms. The Hall–Kier alpha value is -3.12. The quantitative estimate of drug-likeness (QED) is 0.231. The first-order chi connectivity index (χ1) is 20.0. The molecule has 0 bridgehead atoms. The highest BCUT2D eigenvalue weighted by Gasteiger charge is 2.35. The molecule has 0 aromatic heterocycles. The van der Waals surface area contributed by atoms with Gasteiger partial charge >= 0.3 is 5.97 Å². The number of sulfonamides is 1. The van der Waals surface area contributed by atoms with Crippen LogP contribution in [0.25, 0.3) is 10.8 Å². The number of aliphatic hydroxyl groups excluding tert-OH is 1. The molecule has 0 aliphatic heterocycles. The van der Waals surface area contributed by atoms with Crippen molar-refractivity contribution in [2.24, 2.45) is 11.8 Å². The van der Waals surface area contributed by atoms with Crippen LogP contribution >= 0.6 is 0 Å². The molecule has 0 heterocycles. The molecule has 6 unspecified atom stereocenters. The lowest BCUT2D eigenvalue weighted by Gasteiger charge is -2.33. The number of aliphatic hydroxyl groups is 1. The number of benzene rings is 3. The van der Waals surface area contributed by atoms with Crippen LogP contribution in [-0.4, -0.2) is 64.9 Å². The molecular formula is C31H38N2O7S2. The van der Waals surface area contributed by atoms with E-state index in [2.05, 4.69) is 10.0 Å². The lowest BCUT2D eigenvalue weighted by Crippen LogP contribution is -2.55. The van der Waals surface area contributed by atoms with Crippen LogP contribution in [-0.2, 0) is 36.8 Å². The Labute approximate surface area is 249 Å². The van der Waals surface area contributed by atoms with Crippen LogP contribution in [0.2, 0.25) is 0 Å². The highest BCUT2D eigenvalue weighted by Crippen LogP contribution is 2.34. The van der Waals surface area contributed by atoms with E-state index in [0.717, 1.165) is 35.4 Å². The maximum atomic E-state index is 13.6. The van der Waals surface area contributed by atoms with Gasteiger partial charge in [-0.3, -0.25) is 13.8 Å². The van der Waals surface area contributed by atoms with E-state index in [4.69, 9.17) is 0 Å². The summed E-state index contributed by atoms with van der Waals surface area (Å²) in [7, 11) is -5.60. The van der Waals surface area contributed by atoms with Crippen LogP contribution in [0.15, 0.2) is 77.7 Å². The minimum atomic E-state index is -3.87. The van der Waals surface area contributed by atoms with Crippen LogP contribution in [0.1, 0.15) is 37.7 Å². The van der Waals surface area contributed by atoms with Crippen LogP contribution in [0.3, 0.4) is 0 Å². The van der Waals surface area contributed by atoms with Gasteiger partial charge in [0.25, 0.3) is 0 Å². The van der Waals surface area contributed by atoms with E-state index in [1.54, 1.807) is 12.1 Å². The highest BCUT2D eigenvalue weighted by molar-refractivity contribution is 7.89. The molecule has 226 valence electrons. The van der Waals surface area contributed by atoms with Gasteiger partial charge in [0.15, 0.2) is 0 Å². The number of hydrogen-bond acceptors (Lipinski definition) is 6. The maximum Gasteiger partial charge on any atom is 0.306 e. The van der Waals surface area contributed by atoms with E-state index in [9.17, 15) is 32.4 Å². The first-order valence-electron chi connectivity index (χ1n) is 14.1. The molecule has 1 amide bonds. The van der Waals surface area contributed by atoms with Gasteiger partial charge in [0.1, 0.15) is 6.04 Å². The third-order valence-electron chi connectivity index (χ3n) is 7.85. The lowest BCUT2D eigenvalue weighted by atomic mass is 9.75. The van der Waals surface area contributed by atoms with Crippen molar-refractivity contribution >= 4 is 43.5 Å². The monoisotopic (exact) mass is 614 g/mol. The van der Waals surface area contributed by atoms with Crippen LogP contribution in [0.5, 0.6) is 0 Å². The summed E-state index contributed by atoms with van der Waals surface area (Å²) in [6, 6.07) is 19.8. The van der Waals surface area contributed by atoms with Gasteiger partial charge in [-0.15, -0.1) is 0 Å². The first-order valence-corrected chi connectivity index (χ1v) is 17.3. The zero-order valence-corrected chi connectivity index (χ0v) is 25.1. The second kappa shape index (κ2) is 14.4. The Morgan fingerprint density at radius 3 is 2.36 bits per heavy atom. The van der Waals surface area contributed by atoms with Gasteiger partial charge in [-0.2, -0.15) is 0 Å². The summed E-state index contributed by atoms with van der Waals surface area (Å²) in [4.78, 5) is 26.0. The van der Waals surface area contributed by atoms with Gasteiger partial charge in [-0.1, -0.05) is 79.6 Å². The normalized spacial score (nSPS) is 20.3. The van der Waals surface area contributed by atoms with Crippen molar-refractivity contribution in [2.45, 2.75) is 61.6 Å². The number of hydrogen-bond donors (Lipinski definition) is 4. The van der Waals surface area contributed by atoms with Crippen LogP contribution in [0.4, 0.5) is 0 Å². The van der Waals surface area contributed by atoms with E-state index in [1.807, 2.05) is 60.7 Å². The summed E-state index contributed by atoms with van der Waals surface area (Å²) in [5.41, 5.74) is 0.840. The molecule has 1 saturated carbocycles. The van der Waals surface area contributed by atoms with Gasteiger partial charge in [0, 0.05) is 4.90 Å². The van der Waals surface area contributed by atoms with E-state index in [0.29, 0.717) is 17.7 Å². The standard InChI is InChI=1S/C31H38N2O7S2/c1-42(39,40)33-27(20-41(38)29-17-9-14-22-12-5-7-15-24(22)29)30(35)32-26(18-21-10-3-2-4-11-21)28(34)19-23-13-6-8-16-25(23)31(36)37/h2-5,7,9-12,14-15,17,23,25-28,33-34H,6,8,13,16,18-20H2,1H3,(H,32,35)(H,36,37). The topological polar surface area (TPSA) is 150 Å². The van der Waals surface area contributed by atoms with E-state index in [-0.39, 0.29) is 24.5 Å². The fraction of sp³-hybridized carbons (Fsp3) is 0.419. The molecule has 0 saturated heterocycles. The molecule has 1 aliphatic carbocycles. The molecule has 1 fully saturated rings. The summed E-state index contributed by atoms with van der Waals surface area (Å²) in [5, 5.41) is 25.5. The fourth-order valence-electron chi connectivity index (χ4n) is 5.78. The maximum absolute atomic E-state index is 13.6.